The van der Waals surface area contributed by atoms with Gasteiger partial charge in [-0.3, -0.25) is 9.78 Å². The van der Waals surface area contributed by atoms with Crippen molar-refractivity contribution in [2.75, 3.05) is 0 Å². The van der Waals surface area contributed by atoms with Crippen LogP contribution in [0.5, 0.6) is 0 Å². The number of carbonyl (C=O) groups excluding carboxylic acids is 1. The first-order valence-corrected chi connectivity index (χ1v) is 11.6. The van der Waals surface area contributed by atoms with Crippen LogP contribution < -0.4 is 10.6 Å². The Morgan fingerprint density at radius 2 is 1.74 bits per heavy atom. The zero-order valence-corrected chi connectivity index (χ0v) is 19.2. The van der Waals surface area contributed by atoms with Gasteiger partial charge in [-0.1, -0.05) is 66.7 Å². The Labute approximate surface area is 199 Å². The Hall–Kier alpha value is -3.96. The molecule has 170 valence electrons. The summed E-state index contributed by atoms with van der Waals surface area (Å²) in [6.45, 7) is 2.57. The monoisotopic (exact) mass is 448 g/mol. The fraction of sp³-hybridized carbons (Fsp3) is 0.172. The molecule has 5 rings (SSSR count). The zero-order chi connectivity index (χ0) is 23.3. The molecule has 0 radical (unpaired) electrons. The van der Waals surface area contributed by atoms with E-state index in [0.717, 1.165) is 38.5 Å². The second kappa shape index (κ2) is 9.89. The minimum atomic E-state index is -0.392. The van der Waals surface area contributed by atoms with Crippen LogP contribution in [-0.4, -0.2) is 21.9 Å². The number of nitrogens with zero attached hydrogens (tertiary/aromatic N) is 1. The van der Waals surface area contributed by atoms with Crippen molar-refractivity contribution in [1.29, 1.82) is 0 Å². The molecule has 0 aliphatic heterocycles. The Balaban J connectivity index is 1.36. The lowest BCUT2D eigenvalue weighted by atomic mass is 10.0. The molecule has 0 aliphatic carbocycles. The molecule has 5 nitrogen and oxygen atoms in total. The fourth-order valence-electron chi connectivity index (χ4n) is 4.37. The first-order chi connectivity index (χ1) is 16.7. The quantitative estimate of drug-likeness (QED) is 0.302. The largest absolute Gasteiger partial charge is 0.361 e. The first kappa shape index (κ1) is 21.9. The maximum atomic E-state index is 13.4. The lowest BCUT2D eigenvalue weighted by Crippen LogP contribution is -2.46. The van der Waals surface area contributed by atoms with Crippen molar-refractivity contribution in [3.63, 3.8) is 0 Å². The highest BCUT2D eigenvalue weighted by molar-refractivity contribution is 5.86. The van der Waals surface area contributed by atoms with Crippen molar-refractivity contribution >= 4 is 27.7 Å². The SMILES string of the molecule is C[C@H](NC(=O)C(Cc1c[nH]c2ccccc12)NCc1cnc2ccccc2c1)c1ccccc1. The van der Waals surface area contributed by atoms with E-state index in [1.54, 1.807) is 0 Å². The molecule has 3 N–H and O–H groups in total. The minimum absolute atomic E-state index is 0.0182. The number of H-pyrrole nitrogens is 1. The number of nitrogens with one attached hydrogen (secondary N) is 3. The Morgan fingerprint density at radius 3 is 2.62 bits per heavy atom. The summed E-state index contributed by atoms with van der Waals surface area (Å²) in [5.41, 5.74) is 5.29. The van der Waals surface area contributed by atoms with Crippen LogP contribution in [0.15, 0.2) is 97.3 Å². The molecular weight excluding hydrogens is 420 g/mol. The predicted octanol–water partition coefficient (Wildman–Crippen LogP) is 5.29. The summed E-state index contributed by atoms with van der Waals surface area (Å²) >= 11 is 0. The third kappa shape index (κ3) is 4.85. The van der Waals surface area contributed by atoms with Crippen molar-refractivity contribution in [2.45, 2.75) is 32.0 Å². The topological polar surface area (TPSA) is 69.8 Å². The van der Waals surface area contributed by atoms with Gasteiger partial charge in [0, 0.05) is 35.2 Å². The molecule has 1 unspecified atom stereocenters. The first-order valence-electron chi connectivity index (χ1n) is 11.6. The molecule has 34 heavy (non-hydrogen) atoms. The van der Waals surface area contributed by atoms with E-state index in [1.165, 1.54) is 0 Å². The van der Waals surface area contributed by atoms with Gasteiger partial charge in [-0.25, -0.2) is 0 Å². The number of amides is 1. The smallest absolute Gasteiger partial charge is 0.237 e. The lowest BCUT2D eigenvalue weighted by Gasteiger charge is -2.22. The van der Waals surface area contributed by atoms with Crippen LogP contribution in [0.25, 0.3) is 21.8 Å². The molecule has 5 heteroatoms. The summed E-state index contributed by atoms with van der Waals surface area (Å²) in [4.78, 5) is 21.3. The van der Waals surface area contributed by atoms with Gasteiger partial charge in [0.15, 0.2) is 0 Å². The van der Waals surface area contributed by atoms with Gasteiger partial charge in [-0.15, -0.1) is 0 Å². The van der Waals surface area contributed by atoms with Crippen LogP contribution in [0.3, 0.4) is 0 Å². The van der Waals surface area contributed by atoms with Crippen molar-refractivity contribution in [2.24, 2.45) is 0 Å². The van der Waals surface area contributed by atoms with Gasteiger partial charge in [0.1, 0.15) is 0 Å². The van der Waals surface area contributed by atoms with Gasteiger partial charge in [-0.05, 0) is 48.2 Å². The Morgan fingerprint density at radius 1 is 0.971 bits per heavy atom. The summed E-state index contributed by atoms with van der Waals surface area (Å²) in [6.07, 6.45) is 4.46. The molecule has 0 saturated heterocycles. The number of aromatic amines is 1. The number of fused-ring (bicyclic) bond motifs is 2. The number of rotatable bonds is 8. The molecule has 2 heterocycles. The number of para-hydroxylation sites is 2. The van der Waals surface area contributed by atoms with Crippen LogP contribution in [0, 0.1) is 0 Å². The van der Waals surface area contributed by atoms with Crippen LogP contribution in [0.2, 0.25) is 0 Å². The van der Waals surface area contributed by atoms with Crippen molar-refractivity contribution in [3.05, 3.63) is 114 Å². The molecule has 0 fully saturated rings. The van der Waals surface area contributed by atoms with Crippen LogP contribution in [0.4, 0.5) is 0 Å². The van der Waals surface area contributed by atoms with Gasteiger partial charge >= 0.3 is 0 Å². The van der Waals surface area contributed by atoms with E-state index >= 15 is 0 Å². The molecule has 5 aromatic rings. The van der Waals surface area contributed by atoms with E-state index in [9.17, 15) is 4.79 Å². The number of pyridine rings is 1. The van der Waals surface area contributed by atoms with Gasteiger partial charge in [0.05, 0.1) is 17.6 Å². The van der Waals surface area contributed by atoms with E-state index in [1.807, 2.05) is 80.0 Å². The average Bonchev–Trinajstić information content (AvgIpc) is 3.29. The van der Waals surface area contributed by atoms with E-state index < -0.39 is 6.04 Å². The van der Waals surface area contributed by atoms with Gasteiger partial charge in [0.25, 0.3) is 0 Å². The summed E-state index contributed by atoms with van der Waals surface area (Å²) in [7, 11) is 0. The second-order valence-electron chi connectivity index (χ2n) is 8.67. The van der Waals surface area contributed by atoms with Crippen LogP contribution >= 0.6 is 0 Å². The van der Waals surface area contributed by atoms with Gasteiger partial charge in [-0.2, -0.15) is 0 Å². The zero-order valence-electron chi connectivity index (χ0n) is 19.2. The summed E-state index contributed by atoms with van der Waals surface area (Å²) < 4.78 is 0. The fourth-order valence-corrected chi connectivity index (χ4v) is 4.37. The van der Waals surface area contributed by atoms with Crippen LogP contribution in [0.1, 0.15) is 29.7 Å². The molecular formula is C29H28N4O. The minimum Gasteiger partial charge on any atom is -0.361 e. The number of hydrogen-bond acceptors (Lipinski definition) is 3. The normalized spacial score (nSPS) is 13.1. The molecule has 0 aliphatic rings. The predicted molar refractivity (Wildman–Crippen MR) is 137 cm³/mol. The van der Waals surface area contributed by atoms with E-state index in [4.69, 9.17) is 0 Å². The third-order valence-electron chi connectivity index (χ3n) is 6.27. The highest BCUT2D eigenvalue weighted by atomic mass is 16.2. The Bertz CT molecular complexity index is 1410. The molecule has 2 aromatic heterocycles. The number of hydrogen-bond donors (Lipinski definition) is 3. The number of benzene rings is 3. The van der Waals surface area contributed by atoms with Gasteiger partial charge < -0.3 is 15.6 Å². The van der Waals surface area contributed by atoms with E-state index in [0.29, 0.717) is 13.0 Å². The van der Waals surface area contributed by atoms with E-state index in [2.05, 4.69) is 44.9 Å². The summed E-state index contributed by atoms with van der Waals surface area (Å²) in [6, 6.07) is 28.0. The maximum absolute atomic E-state index is 13.4. The molecule has 0 bridgehead atoms. The second-order valence-corrected chi connectivity index (χ2v) is 8.67. The highest BCUT2D eigenvalue weighted by Crippen LogP contribution is 2.20. The Kier molecular flexibility index (Phi) is 6.36. The van der Waals surface area contributed by atoms with Crippen molar-refractivity contribution in [3.8, 4) is 0 Å². The lowest BCUT2D eigenvalue weighted by molar-refractivity contribution is -0.123. The maximum Gasteiger partial charge on any atom is 0.237 e. The highest BCUT2D eigenvalue weighted by Gasteiger charge is 2.22. The summed E-state index contributed by atoms with van der Waals surface area (Å²) in [5, 5.41) is 8.93. The molecule has 1 amide bonds. The molecule has 0 saturated carbocycles. The standard InChI is InChI=1S/C29H28N4O/c1-20(22-9-3-2-4-10-22)33-29(34)28(16-24-19-32-27-14-8-6-12-25(24)27)31-18-21-15-23-11-5-7-13-26(23)30-17-21/h2-15,17,19-20,28,31-32H,16,18H2,1H3,(H,33,34)/t20-,28?/m0/s1. The average molecular weight is 449 g/mol. The number of carbonyl (C=O) groups is 1. The van der Waals surface area contributed by atoms with Gasteiger partial charge in [0.2, 0.25) is 5.91 Å². The molecule has 0 spiro atoms. The number of aromatic nitrogens is 2. The summed E-state index contributed by atoms with van der Waals surface area (Å²) in [5.74, 6) is -0.0182. The van der Waals surface area contributed by atoms with Crippen LogP contribution in [-0.2, 0) is 17.8 Å². The molecule has 3 aromatic carbocycles. The third-order valence-corrected chi connectivity index (χ3v) is 6.27. The van der Waals surface area contributed by atoms with Crippen molar-refractivity contribution < 1.29 is 4.79 Å². The van der Waals surface area contributed by atoms with E-state index in [-0.39, 0.29) is 11.9 Å². The molecule has 2 atom stereocenters. The van der Waals surface area contributed by atoms with Crippen molar-refractivity contribution in [1.82, 2.24) is 20.6 Å².